The van der Waals surface area contributed by atoms with Gasteiger partial charge in [-0.15, -0.1) is 0 Å². The zero-order valence-electron chi connectivity index (χ0n) is 12.4. The smallest absolute Gasteiger partial charge is 0.0758 e. The van der Waals surface area contributed by atoms with Crippen LogP contribution >= 0.6 is 11.6 Å². The summed E-state index contributed by atoms with van der Waals surface area (Å²) in [4.78, 5) is 2.34. The van der Waals surface area contributed by atoms with Crippen LogP contribution in [0, 0.1) is 0 Å². The average Bonchev–Trinajstić information content (AvgIpc) is 2.74. The maximum atomic E-state index is 10.0. The highest BCUT2D eigenvalue weighted by molar-refractivity contribution is 6.30. The number of halogens is 1. The normalized spacial score (nSPS) is 25.0. The Hall–Kier alpha value is -0.610. The zero-order chi connectivity index (χ0) is 14.6. The highest BCUT2D eigenvalue weighted by Crippen LogP contribution is 2.24. The maximum absolute atomic E-state index is 10.0. The van der Waals surface area contributed by atoms with E-state index in [1.807, 2.05) is 25.1 Å². The van der Waals surface area contributed by atoms with Gasteiger partial charge in [-0.25, -0.2) is 0 Å². The van der Waals surface area contributed by atoms with Crippen LogP contribution in [0.1, 0.15) is 38.3 Å². The van der Waals surface area contributed by atoms with E-state index in [0.29, 0.717) is 6.04 Å². The Bertz CT molecular complexity index is 436. The molecule has 0 saturated carbocycles. The van der Waals surface area contributed by atoms with Gasteiger partial charge in [-0.1, -0.05) is 30.7 Å². The molecule has 4 heteroatoms. The summed E-state index contributed by atoms with van der Waals surface area (Å²) in [5, 5.41) is 14.3. The number of rotatable bonds is 6. The van der Waals surface area contributed by atoms with Crippen LogP contribution in [-0.2, 0) is 0 Å². The van der Waals surface area contributed by atoms with E-state index in [9.17, 15) is 5.11 Å². The third kappa shape index (κ3) is 4.45. The molecule has 0 bridgehead atoms. The lowest BCUT2D eigenvalue weighted by atomic mass is 10.0. The molecule has 2 rings (SSSR count). The van der Waals surface area contributed by atoms with Gasteiger partial charge in [-0.3, -0.25) is 0 Å². The molecule has 1 aromatic rings. The Morgan fingerprint density at radius 3 is 2.90 bits per heavy atom. The van der Waals surface area contributed by atoms with Crippen molar-refractivity contribution in [3.05, 3.63) is 34.9 Å². The molecular formula is C16H25ClN2O. The van der Waals surface area contributed by atoms with Crippen LogP contribution in [0.4, 0.5) is 0 Å². The lowest BCUT2D eigenvalue weighted by molar-refractivity contribution is 0.0683. The molecule has 0 amide bonds. The highest BCUT2D eigenvalue weighted by Gasteiger charge is 2.31. The van der Waals surface area contributed by atoms with Crippen LogP contribution in [-0.4, -0.2) is 41.8 Å². The van der Waals surface area contributed by atoms with Gasteiger partial charge in [0.1, 0.15) is 0 Å². The van der Waals surface area contributed by atoms with Crippen LogP contribution in [0.5, 0.6) is 0 Å². The van der Waals surface area contributed by atoms with E-state index in [4.69, 9.17) is 11.6 Å². The monoisotopic (exact) mass is 296 g/mol. The third-order valence-corrected chi connectivity index (χ3v) is 4.20. The summed E-state index contributed by atoms with van der Waals surface area (Å²) in [6, 6.07) is 8.40. The molecule has 2 unspecified atom stereocenters. The van der Waals surface area contributed by atoms with Crippen molar-refractivity contribution in [1.82, 2.24) is 10.2 Å². The lowest BCUT2D eigenvalue weighted by Gasteiger charge is -2.23. The lowest BCUT2D eigenvalue weighted by Crippen LogP contribution is -2.32. The Morgan fingerprint density at radius 1 is 1.50 bits per heavy atom. The number of β-amino-alcohol motifs (C(OH)–C–C–N with tert-alkyl or cyclic N) is 1. The molecule has 1 saturated heterocycles. The zero-order valence-corrected chi connectivity index (χ0v) is 13.2. The van der Waals surface area contributed by atoms with Crippen molar-refractivity contribution in [2.45, 2.75) is 38.3 Å². The Balaban J connectivity index is 1.93. The molecular weight excluding hydrogens is 272 g/mol. The quantitative estimate of drug-likeness (QED) is 0.847. The topological polar surface area (TPSA) is 35.5 Å². The molecule has 2 atom stereocenters. The summed E-state index contributed by atoms with van der Waals surface area (Å²) in [7, 11) is 0. The molecule has 1 aliphatic rings. The van der Waals surface area contributed by atoms with Gasteiger partial charge in [-0.2, -0.15) is 0 Å². The summed E-state index contributed by atoms with van der Waals surface area (Å²) in [6.45, 7) is 7.75. The average molecular weight is 297 g/mol. The van der Waals surface area contributed by atoms with E-state index in [1.54, 1.807) is 0 Å². The first-order valence-electron chi connectivity index (χ1n) is 7.44. The van der Waals surface area contributed by atoms with E-state index in [2.05, 4.69) is 23.2 Å². The van der Waals surface area contributed by atoms with Gasteiger partial charge in [0.05, 0.1) is 5.60 Å². The minimum Gasteiger partial charge on any atom is -0.389 e. The van der Waals surface area contributed by atoms with Crippen molar-refractivity contribution in [1.29, 1.82) is 0 Å². The summed E-state index contributed by atoms with van der Waals surface area (Å²) >= 11 is 6.08. The van der Waals surface area contributed by atoms with E-state index in [0.717, 1.165) is 44.0 Å². The van der Waals surface area contributed by atoms with Crippen molar-refractivity contribution in [2.75, 3.05) is 26.2 Å². The number of aliphatic hydroxyl groups is 1. The first-order chi connectivity index (χ1) is 9.50. The Morgan fingerprint density at radius 2 is 2.30 bits per heavy atom. The van der Waals surface area contributed by atoms with Crippen molar-refractivity contribution < 1.29 is 5.11 Å². The minimum absolute atomic E-state index is 0.323. The maximum Gasteiger partial charge on any atom is 0.0758 e. The Kier molecular flexibility index (Phi) is 5.44. The van der Waals surface area contributed by atoms with Crippen molar-refractivity contribution in [2.24, 2.45) is 0 Å². The number of nitrogens with zero attached hydrogens (tertiary/aromatic N) is 1. The van der Waals surface area contributed by atoms with Crippen LogP contribution in [0.2, 0.25) is 5.02 Å². The number of hydrogen-bond donors (Lipinski definition) is 2. The standard InChI is InChI=1S/C16H25ClN2O/c1-3-18-15(13-5-4-6-14(17)11-13)7-9-19-10-8-16(2,20)12-19/h4-6,11,15,18,20H,3,7-10,12H2,1-2H3. The van der Waals surface area contributed by atoms with Crippen LogP contribution in [0.25, 0.3) is 0 Å². The van der Waals surface area contributed by atoms with Crippen molar-refractivity contribution in [3.63, 3.8) is 0 Å². The van der Waals surface area contributed by atoms with E-state index in [1.165, 1.54) is 5.56 Å². The molecule has 1 aliphatic heterocycles. The minimum atomic E-state index is -0.510. The molecule has 0 spiro atoms. The highest BCUT2D eigenvalue weighted by atomic mass is 35.5. The second-order valence-electron chi connectivity index (χ2n) is 5.98. The second kappa shape index (κ2) is 6.90. The van der Waals surface area contributed by atoms with Crippen LogP contribution in [0.15, 0.2) is 24.3 Å². The molecule has 3 nitrogen and oxygen atoms in total. The number of hydrogen-bond acceptors (Lipinski definition) is 3. The molecule has 20 heavy (non-hydrogen) atoms. The molecule has 1 aromatic carbocycles. The molecule has 1 heterocycles. The first kappa shape index (κ1) is 15.8. The van der Waals surface area contributed by atoms with Gasteiger partial charge in [0.2, 0.25) is 0 Å². The van der Waals surface area contributed by atoms with E-state index < -0.39 is 5.60 Å². The van der Waals surface area contributed by atoms with Crippen LogP contribution in [0.3, 0.4) is 0 Å². The van der Waals surface area contributed by atoms with Crippen molar-refractivity contribution >= 4 is 11.6 Å². The number of likely N-dealkylation sites (tertiary alicyclic amines) is 1. The molecule has 1 fully saturated rings. The van der Waals surface area contributed by atoms with Gasteiger partial charge >= 0.3 is 0 Å². The third-order valence-electron chi connectivity index (χ3n) is 3.97. The Labute approximate surface area is 126 Å². The largest absolute Gasteiger partial charge is 0.389 e. The fourth-order valence-electron chi connectivity index (χ4n) is 2.90. The molecule has 0 radical (unpaired) electrons. The summed E-state index contributed by atoms with van der Waals surface area (Å²) in [5.41, 5.74) is 0.731. The number of benzene rings is 1. The first-order valence-corrected chi connectivity index (χ1v) is 7.81. The SMILES string of the molecule is CCNC(CCN1CCC(C)(O)C1)c1cccc(Cl)c1. The fourth-order valence-corrected chi connectivity index (χ4v) is 3.10. The molecule has 0 aliphatic carbocycles. The molecule has 2 N–H and O–H groups in total. The van der Waals surface area contributed by atoms with Gasteiger partial charge in [0, 0.05) is 30.7 Å². The molecule has 0 aromatic heterocycles. The second-order valence-corrected chi connectivity index (χ2v) is 6.41. The predicted octanol–water partition coefficient (Wildman–Crippen LogP) is 2.84. The predicted molar refractivity (Wildman–Crippen MR) is 84.2 cm³/mol. The summed E-state index contributed by atoms with van der Waals surface area (Å²) in [6.07, 6.45) is 1.90. The van der Waals surface area contributed by atoms with Crippen molar-refractivity contribution in [3.8, 4) is 0 Å². The van der Waals surface area contributed by atoms with Gasteiger partial charge in [0.25, 0.3) is 0 Å². The molecule has 112 valence electrons. The number of nitrogens with one attached hydrogen (secondary N) is 1. The van der Waals surface area contributed by atoms with Gasteiger partial charge in [-0.05, 0) is 44.0 Å². The van der Waals surface area contributed by atoms with Gasteiger partial charge in [0.15, 0.2) is 0 Å². The summed E-state index contributed by atoms with van der Waals surface area (Å²) in [5.74, 6) is 0. The summed E-state index contributed by atoms with van der Waals surface area (Å²) < 4.78 is 0. The fraction of sp³-hybridized carbons (Fsp3) is 0.625. The van der Waals surface area contributed by atoms with E-state index >= 15 is 0 Å². The van der Waals surface area contributed by atoms with E-state index in [-0.39, 0.29) is 0 Å². The van der Waals surface area contributed by atoms with Crippen LogP contribution < -0.4 is 5.32 Å². The van der Waals surface area contributed by atoms with Gasteiger partial charge < -0.3 is 15.3 Å².